The van der Waals surface area contributed by atoms with E-state index in [0.29, 0.717) is 6.54 Å². The highest BCUT2D eigenvalue weighted by atomic mass is 32.1. The van der Waals surface area contributed by atoms with Gasteiger partial charge in [0.25, 0.3) is 0 Å². The van der Waals surface area contributed by atoms with Crippen molar-refractivity contribution in [1.82, 2.24) is 4.98 Å². The number of nitrogens with two attached hydrogens (primary N) is 1. The van der Waals surface area contributed by atoms with Crippen LogP contribution in [0.3, 0.4) is 0 Å². The number of benzene rings is 1. The van der Waals surface area contributed by atoms with E-state index in [-0.39, 0.29) is 5.82 Å². The Hall–Kier alpha value is -1.46. The Morgan fingerprint density at radius 2 is 2.06 bits per heavy atom. The van der Waals surface area contributed by atoms with Crippen molar-refractivity contribution in [3.63, 3.8) is 0 Å². The number of nitrogens with zero attached hydrogens (tertiary/aromatic N) is 2. The highest BCUT2D eigenvalue weighted by Crippen LogP contribution is 2.27. The second-order valence-corrected chi connectivity index (χ2v) is 4.44. The molecule has 0 saturated heterocycles. The summed E-state index contributed by atoms with van der Waals surface area (Å²) in [6.07, 6.45) is 1.76. The van der Waals surface area contributed by atoms with Crippen LogP contribution in [0, 0.1) is 5.82 Å². The number of rotatable bonds is 3. The minimum atomic E-state index is -0.237. The first-order valence-electron chi connectivity index (χ1n) is 4.85. The smallest absolute Gasteiger partial charge is 0.189 e. The monoisotopic (exact) mass is 237 g/mol. The molecule has 84 valence electrons. The summed E-state index contributed by atoms with van der Waals surface area (Å²) in [5, 5.41) is 0.854. The first kappa shape index (κ1) is 11.0. The lowest BCUT2D eigenvalue weighted by atomic mass is 10.3. The second kappa shape index (κ2) is 4.59. The molecule has 1 aromatic heterocycles. The highest BCUT2D eigenvalue weighted by Gasteiger charge is 2.08. The Kier molecular flexibility index (Phi) is 3.17. The van der Waals surface area contributed by atoms with Crippen LogP contribution in [-0.2, 0) is 6.54 Å². The van der Waals surface area contributed by atoms with Gasteiger partial charge in [0.05, 0.1) is 0 Å². The van der Waals surface area contributed by atoms with E-state index in [1.807, 2.05) is 11.9 Å². The average Bonchev–Trinajstić information content (AvgIpc) is 2.77. The predicted molar refractivity (Wildman–Crippen MR) is 64.5 cm³/mol. The molecule has 5 heteroatoms. The van der Waals surface area contributed by atoms with Crippen molar-refractivity contribution in [1.29, 1.82) is 0 Å². The predicted octanol–water partition coefficient (Wildman–Crippen LogP) is 2.51. The fraction of sp³-hybridized carbons (Fsp3) is 0.182. The molecule has 2 N–H and O–H groups in total. The van der Waals surface area contributed by atoms with Gasteiger partial charge in [-0.25, -0.2) is 9.37 Å². The molecule has 0 aliphatic carbocycles. The van der Waals surface area contributed by atoms with E-state index in [9.17, 15) is 4.39 Å². The average molecular weight is 237 g/mol. The molecule has 3 nitrogen and oxygen atoms in total. The summed E-state index contributed by atoms with van der Waals surface area (Å²) < 4.78 is 12.8. The fourth-order valence-electron chi connectivity index (χ4n) is 1.32. The third-order valence-electron chi connectivity index (χ3n) is 2.24. The Bertz CT molecular complexity index is 466. The summed E-state index contributed by atoms with van der Waals surface area (Å²) in [4.78, 5) is 7.19. The van der Waals surface area contributed by atoms with Crippen LogP contribution in [0.25, 0.3) is 0 Å². The Morgan fingerprint density at radius 1 is 1.38 bits per heavy atom. The molecule has 2 aromatic rings. The summed E-state index contributed by atoms with van der Waals surface area (Å²) in [5.74, 6) is -0.237. The zero-order valence-electron chi connectivity index (χ0n) is 8.85. The van der Waals surface area contributed by atoms with E-state index in [1.54, 1.807) is 18.3 Å². The molecule has 0 bridgehead atoms. The van der Waals surface area contributed by atoms with Crippen LogP contribution >= 0.6 is 11.3 Å². The summed E-state index contributed by atoms with van der Waals surface area (Å²) in [6, 6.07) is 6.31. The fourth-order valence-corrected chi connectivity index (χ4v) is 2.09. The van der Waals surface area contributed by atoms with Crippen molar-refractivity contribution in [2.45, 2.75) is 6.54 Å². The van der Waals surface area contributed by atoms with Crippen LogP contribution in [0.15, 0.2) is 30.5 Å². The number of hydrogen-bond acceptors (Lipinski definition) is 4. The molecule has 1 heterocycles. The van der Waals surface area contributed by atoms with Crippen molar-refractivity contribution in [2.75, 3.05) is 11.9 Å². The third-order valence-corrected chi connectivity index (χ3v) is 3.34. The number of thiazole rings is 1. The molecule has 0 aliphatic heterocycles. The first-order chi connectivity index (χ1) is 7.70. The summed E-state index contributed by atoms with van der Waals surface area (Å²) >= 11 is 1.54. The van der Waals surface area contributed by atoms with E-state index in [4.69, 9.17) is 5.73 Å². The van der Waals surface area contributed by atoms with E-state index >= 15 is 0 Å². The zero-order chi connectivity index (χ0) is 11.5. The lowest BCUT2D eigenvalue weighted by Crippen LogP contribution is -2.08. The standard InChI is InChI=1S/C11H12FN3S/c1-15(9-4-2-8(12)3-5-9)11-14-7-10(6-13)16-11/h2-5,7H,6,13H2,1H3. The van der Waals surface area contributed by atoms with E-state index in [2.05, 4.69) is 4.98 Å². The Labute approximate surface area is 97.3 Å². The minimum Gasteiger partial charge on any atom is -0.326 e. The molecule has 0 amide bonds. The highest BCUT2D eigenvalue weighted by molar-refractivity contribution is 7.15. The molecule has 1 aromatic carbocycles. The van der Waals surface area contributed by atoms with E-state index in [1.165, 1.54) is 23.5 Å². The number of aromatic nitrogens is 1. The molecule has 16 heavy (non-hydrogen) atoms. The van der Waals surface area contributed by atoms with Crippen LogP contribution in [-0.4, -0.2) is 12.0 Å². The normalized spacial score (nSPS) is 10.4. The summed E-state index contributed by atoms with van der Waals surface area (Å²) in [7, 11) is 1.90. The van der Waals surface area contributed by atoms with Gasteiger partial charge in [-0.1, -0.05) is 0 Å². The topological polar surface area (TPSA) is 42.2 Å². The molecule has 0 saturated carbocycles. The van der Waals surface area contributed by atoms with Crippen LogP contribution in [0.5, 0.6) is 0 Å². The van der Waals surface area contributed by atoms with Crippen LogP contribution in [0.2, 0.25) is 0 Å². The quantitative estimate of drug-likeness (QED) is 0.891. The zero-order valence-corrected chi connectivity index (χ0v) is 9.67. The van der Waals surface area contributed by atoms with Crippen molar-refractivity contribution < 1.29 is 4.39 Å². The van der Waals surface area contributed by atoms with Crippen molar-refractivity contribution in [3.8, 4) is 0 Å². The number of anilines is 2. The largest absolute Gasteiger partial charge is 0.326 e. The van der Waals surface area contributed by atoms with Gasteiger partial charge in [0, 0.05) is 30.4 Å². The van der Waals surface area contributed by atoms with Gasteiger partial charge in [0.2, 0.25) is 0 Å². The molecule has 0 radical (unpaired) electrons. The summed E-state index contributed by atoms with van der Waals surface area (Å²) in [6.45, 7) is 0.495. The first-order valence-corrected chi connectivity index (χ1v) is 5.66. The maximum Gasteiger partial charge on any atom is 0.189 e. The third kappa shape index (κ3) is 2.20. The summed E-state index contributed by atoms with van der Waals surface area (Å²) in [5.41, 5.74) is 6.43. The van der Waals surface area contributed by atoms with Gasteiger partial charge < -0.3 is 10.6 Å². The van der Waals surface area contributed by atoms with Gasteiger partial charge in [-0.3, -0.25) is 0 Å². The van der Waals surface area contributed by atoms with Crippen LogP contribution < -0.4 is 10.6 Å². The molecule has 0 aliphatic rings. The second-order valence-electron chi connectivity index (χ2n) is 3.35. The maximum absolute atomic E-state index is 12.8. The van der Waals surface area contributed by atoms with Crippen molar-refractivity contribution in [2.24, 2.45) is 5.73 Å². The molecule has 0 unspecified atom stereocenters. The maximum atomic E-state index is 12.8. The number of halogens is 1. The molecule has 2 rings (SSSR count). The van der Waals surface area contributed by atoms with Gasteiger partial charge >= 0.3 is 0 Å². The van der Waals surface area contributed by atoms with E-state index in [0.717, 1.165) is 15.7 Å². The van der Waals surface area contributed by atoms with Gasteiger partial charge in [-0.05, 0) is 24.3 Å². The van der Waals surface area contributed by atoms with Gasteiger partial charge in [0.15, 0.2) is 5.13 Å². The lowest BCUT2D eigenvalue weighted by molar-refractivity contribution is 0.628. The Balaban J connectivity index is 2.24. The van der Waals surface area contributed by atoms with Gasteiger partial charge in [-0.15, -0.1) is 11.3 Å². The van der Waals surface area contributed by atoms with Crippen molar-refractivity contribution >= 4 is 22.2 Å². The van der Waals surface area contributed by atoms with Gasteiger partial charge in [0.1, 0.15) is 5.82 Å². The van der Waals surface area contributed by atoms with E-state index < -0.39 is 0 Å². The Morgan fingerprint density at radius 3 is 2.62 bits per heavy atom. The molecule has 0 atom stereocenters. The van der Waals surface area contributed by atoms with Crippen LogP contribution in [0.1, 0.15) is 4.88 Å². The minimum absolute atomic E-state index is 0.237. The molecule has 0 spiro atoms. The van der Waals surface area contributed by atoms with Gasteiger partial charge in [-0.2, -0.15) is 0 Å². The van der Waals surface area contributed by atoms with Crippen molar-refractivity contribution in [3.05, 3.63) is 41.2 Å². The number of hydrogen-bond donors (Lipinski definition) is 1. The molecular weight excluding hydrogens is 225 g/mol. The molecule has 0 fully saturated rings. The van der Waals surface area contributed by atoms with Crippen LogP contribution in [0.4, 0.5) is 15.2 Å². The SMILES string of the molecule is CN(c1ccc(F)cc1)c1ncc(CN)s1. The molecular formula is C11H12FN3S. The lowest BCUT2D eigenvalue weighted by Gasteiger charge is -2.15.